The smallest absolute Gasteiger partial charge is 0.278 e. The quantitative estimate of drug-likeness (QED) is 0.776. The van der Waals surface area contributed by atoms with Crippen LogP contribution in [0.2, 0.25) is 0 Å². The Bertz CT molecular complexity index is 934. The number of anilines is 1. The maximum absolute atomic E-state index is 13.4. The van der Waals surface area contributed by atoms with Crippen molar-refractivity contribution in [1.29, 1.82) is 0 Å². The van der Waals surface area contributed by atoms with Gasteiger partial charge < -0.3 is 4.90 Å². The number of hydrogen-bond donors (Lipinski definition) is 0. The van der Waals surface area contributed by atoms with E-state index in [0.29, 0.717) is 36.3 Å². The predicted molar refractivity (Wildman–Crippen MR) is 102 cm³/mol. The first-order valence-corrected chi connectivity index (χ1v) is 9.33. The van der Waals surface area contributed by atoms with Gasteiger partial charge in [0.1, 0.15) is 11.5 Å². The lowest BCUT2D eigenvalue weighted by Crippen LogP contribution is -2.37. The number of carbonyl (C=O) groups excluding carboxylic acids is 2. The second kappa shape index (κ2) is 6.99. The van der Waals surface area contributed by atoms with Crippen LogP contribution in [0.15, 0.2) is 54.2 Å². The number of carbonyl (C=O) groups is 2. The summed E-state index contributed by atoms with van der Waals surface area (Å²) in [6.07, 6.45) is 2.55. The Morgan fingerprint density at radius 2 is 1.74 bits per heavy atom. The Morgan fingerprint density at radius 1 is 1.00 bits per heavy atom. The maximum atomic E-state index is 13.4. The molecular weight excluding hydrogens is 343 g/mol. The molecule has 2 aromatic carbocycles. The largest absolute Gasteiger partial charge is 0.336 e. The molecule has 0 unspecified atom stereocenters. The van der Waals surface area contributed by atoms with Crippen LogP contribution in [0.1, 0.15) is 30.9 Å². The molecule has 2 aromatic rings. The Balaban J connectivity index is 1.89. The van der Waals surface area contributed by atoms with E-state index in [0.717, 1.165) is 18.5 Å². The van der Waals surface area contributed by atoms with Crippen molar-refractivity contribution >= 4 is 23.1 Å². The highest BCUT2D eigenvalue weighted by Crippen LogP contribution is 2.37. The van der Waals surface area contributed by atoms with E-state index in [1.54, 1.807) is 12.1 Å². The normalized spacial score (nSPS) is 17.0. The zero-order valence-electron chi connectivity index (χ0n) is 15.2. The van der Waals surface area contributed by atoms with Gasteiger partial charge in [-0.25, -0.2) is 4.39 Å². The van der Waals surface area contributed by atoms with Crippen LogP contribution in [0.4, 0.5) is 10.1 Å². The van der Waals surface area contributed by atoms with Gasteiger partial charge in [0, 0.05) is 18.8 Å². The lowest BCUT2D eigenvalue weighted by Gasteiger charge is -2.32. The lowest BCUT2D eigenvalue weighted by molar-refractivity contribution is -0.136. The van der Waals surface area contributed by atoms with Crippen LogP contribution in [0, 0.1) is 5.82 Å². The van der Waals surface area contributed by atoms with Crippen molar-refractivity contribution in [1.82, 2.24) is 4.90 Å². The second-order valence-electron chi connectivity index (χ2n) is 6.88. The molecule has 0 aromatic heterocycles. The van der Waals surface area contributed by atoms with E-state index in [1.165, 1.54) is 22.6 Å². The minimum Gasteiger partial charge on any atom is -0.336 e. The van der Waals surface area contributed by atoms with Crippen molar-refractivity contribution in [3.8, 4) is 0 Å². The van der Waals surface area contributed by atoms with Crippen molar-refractivity contribution in [2.45, 2.75) is 26.2 Å². The molecule has 0 saturated carbocycles. The van der Waals surface area contributed by atoms with E-state index in [4.69, 9.17) is 0 Å². The summed E-state index contributed by atoms with van der Waals surface area (Å²) in [5, 5.41) is 0. The van der Waals surface area contributed by atoms with Crippen LogP contribution < -0.4 is 4.90 Å². The van der Waals surface area contributed by atoms with Crippen molar-refractivity contribution in [3.63, 3.8) is 0 Å². The third kappa shape index (κ3) is 2.93. The molecule has 0 aliphatic carbocycles. The molecule has 5 heteroatoms. The van der Waals surface area contributed by atoms with E-state index in [1.807, 2.05) is 30.0 Å². The van der Waals surface area contributed by atoms with Gasteiger partial charge in [-0.2, -0.15) is 0 Å². The minimum absolute atomic E-state index is 0.266. The molecule has 27 heavy (non-hydrogen) atoms. The zero-order valence-corrected chi connectivity index (χ0v) is 15.2. The molecule has 2 aliphatic rings. The van der Waals surface area contributed by atoms with Gasteiger partial charge in [-0.1, -0.05) is 37.3 Å². The van der Waals surface area contributed by atoms with E-state index in [-0.39, 0.29) is 17.6 Å². The number of aryl methyl sites for hydroxylation is 1. The molecule has 0 saturated heterocycles. The highest BCUT2D eigenvalue weighted by atomic mass is 19.1. The molecule has 0 atom stereocenters. The van der Waals surface area contributed by atoms with Crippen molar-refractivity contribution in [3.05, 3.63) is 71.2 Å². The molecule has 0 fully saturated rings. The summed E-state index contributed by atoms with van der Waals surface area (Å²) in [6.45, 7) is 2.99. The topological polar surface area (TPSA) is 40.6 Å². The maximum Gasteiger partial charge on any atom is 0.278 e. The van der Waals surface area contributed by atoms with Crippen molar-refractivity contribution in [2.24, 2.45) is 0 Å². The van der Waals surface area contributed by atoms with E-state index < -0.39 is 0 Å². The molecule has 0 N–H and O–H groups in total. The SMILES string of the molecule is CCCN1C(=O)C(c2ccc(F)cc2)=C(N2CCCc3ccccc32)C1=O. The number of rotatable bonds is 4. The summed E-state index contributed by atoms with van der Waals surface area (Å²) in [5.41, 5.74) is 3.49. The number of nitrogens with zero attached hydrogens (tertiary/aromatic N) is 2. The molecule has 2 aliphatic heterocycles. The summed E-state index contributed by atoms with van der Waals surface area (Å²) in [4.78, 5) is 29.6. The monoisotopic (exact) mass is 364 g/mol. The van der Waals surface area contributed by atoms with Gasteiger partial charge in [0.2, 0.25) is 0 Å². The van der Waals surface area contributed by atoms with Crippen molar-refractivity contribution in [2.75, 3.05) is 18.0 Å². The van der Waals surface area contributed by atoms with Gasteiger partial charge in [0.05, 0.1) is 5.57 Å². The number of amides is 2. The minimum atomic E-state index is -0.369. The van der Waals surface area contributed by atoms with Gasteiger partial charge in [-0.3, -0.25) is 14.5 Å². The molecular formula is C22H21FN2O2. The first kappa shape index (κ1) is 17.5. The van der Waals surface area contributed by atoms with Gasteiger partial charge >= 0.3 is 0 Å². The summed E-state index contributed by atoms with van der Waals surface area (Å²) >= 11 is 0. The molecule has 0 spiro atoms. The number of imide groups is 1. The van der Waals surface area contributed by atoms with E-state index in [9.17, 15) is 14.0 Å². The average molecular weight is 364 g/mol. The third-order valence-electron chi connectivity index (χ3n) is 5.10. The van der Waals surface area contributed by atoms with Crippen LogP contribution in [-0.2, 0) is 16.0 Å². The van der Waals surface area contributed by atoms with Crippen LogP contribution in [0.3, 0.4) is 0 Å². The molecule has 0 radical (unpaired) electrons. The lowest BCUT2D eigenvalue weighted by atomic mass is 9.98. The fraction of sp³-hybridized carbons (Fsp3) is 0.273. The number of para-hydroxylation sites is 1. The van der Waals surface area contributed by atoms with Crippen molar-refractivity contribution < 1.29 is 14.0 Å². The third-order valence-corrected chi connectivity index (χ3v) is 5.10. The molecule has 2 heterocycles. The number of fused-ring (bicyclic) bond motifs is 1. The summed E-state index contributed by atoms with van der Waals surface area (Å²) in [6, 6.07) is 13.8. The van der Waals surface area contributed by atoms with Gasteiger partial charge in [-0.15, -0.1) is 0 Å². The first-order chi connectivity index (χ1) is 13.1. The first-order valence-electron chi connectivity index (χ1n) is 9.33. The van der Waals surface area contributed by atoms with Crippen LogP contribution >= 0.6 is 0 Å². The van der Waals surface area contributed by atoms with Crippen LogP contribution in [0.5, 0.6) is 0 Å². The van der Waals surface area contributed by atoms with E-state index in [2.05, 4.69) is 6.07 Å². The molecule has 138 valence electrons. The average Bonchev–Trinajstić information content (AvgIpc) is 2.93. The fourth-order valence-electron chi connectivity index (χ4n) is 3.88. The van der Waals surface area contributed by atoms with Gasteiger partial charge in [0.15, 0.2) is 0 Å². The highest BCUT2D eigenvalue weighted by Gasteiger charge is 2.42. The summed E-state index contributed by atoms with van der Waals surface area (Å²) in [5.74, 6) is -0.934. The summed E-state index contributed by atoms with van der Waals surface area (Å²) in [7, 11) is 0. The zero-order chi connectivity index (χ0) is 19.0. The standard InChI is InChI=1S/C22H21FN2O2/c1-2-13-25-21(26)19(16-9-11-17(23)12-10-16)20(22(25)27)24-14-5-7-15-6-3-4-8-18(15)24/h3-4,6,8-12H,2,5,7,13-14H2,1H3. The molecule has 4 rings (SSSR count). The Hall–Kier alpha value is -2.95. The van der Waals surface area contributed by atoms with E-state index >= 15 is 0 Å². The van der Waals surface area contributed by atoms with Crippen LogP contribution in [-0.4, -0.2) is 29.8 Å². The fourth-order valence-corrected chi connectivity index (χ4v) is 3.88. The molecule has 2 amide bonds. The molecule has 4 nitrogen and oxygen atoms in total. The van der Waals surface area contributed by atoms with Gasteiger partial charge in [0.25, 0.3) is 11.8 Å². The van der Waals surface area contributed by atoms with Crippen LogP contribution in [0.25, 0.3) is 5.57 Å². The number of halogens is 1. The summed E-state index contributed by atoms with van der Waals surface area (Å²) < 4.78 is 13.4. The molecule has 0 bridgehead atoms. The number of benzene rings is 2. The predicted octanol–water partition coefficient (Wildman–Crippen LogP) is 3.77. The second-order valence-corrected chi connectivity index (χ2v) is 6.88. The Labute approximate surface area is 157 Å². The van der Waals surface area contributed by atoms with Gasteiger partial charge in [-0.05, 0) is 48.6 Å². The Morgan fingerprint density at radius 3 is 2.48 bits per heavy atom. The highest BCUT2D eigenvalue weighted by molar-refractivity contribution is 6.36. The number of hydrogen-bond acceptors (Lipinski definition) is 3. The Kier molecular flexibility index (Phi) is 4.52.